The fourth-order valence-corrected chi connectivity index (χ4v) is 3.86. The van der Waals surface area contributed by atoms with Crippen LogP contribution in [0.1, 0.15) is 23.2 Å². The Morgan fingerprint density at radius 2 is 1.80 bits per heavy atom. The molecule has 0 bridgehead atoms. The highest BCUT2D eigenvalue weighted by Crippen LogP contribution is 2.33. The van der Waals surface area contributed by atoms with Crippen molar-refractivity contribution in [1.29, 1.82) is 0 Å². The number of carboxylic acid groups (broad SMARTS) is 1. The number of hydrogen-bond acceptors (Lipinski definition) is 4. The Labute approximate surface area is 175 Å². The van der Waals surface area contributed by atoms with Crippen LogP contribution < -0.4 is 0 Å². The zero-order valence-corrected chi connectivity index (χ0v) is 16.5. The van der Waals surface area contributed by atoms with Crippen LogP contribution in [0.5, 0.6) is 0 Å². The molecule has 0 aliphatic carbocycles. The predicted molar refractivity (Wildman–Crippen MR) is 107 cm³/mol. The summed E-state index contributed by atoms with van der Waals surface area (Å²) in [7, 11) is 0. The van der Waals surface area contributed by atoms with Crippen molar-refractivity contribution in [3.63, 3.8) is 0 Å². The van der Waals surface area contributed by atoms with E-state index < -0.39 is 23.6 Å². The molecule has 30 heavy (non-hydrogen) atoms. The van der Waals surface area contributed by atoms with Crippen LogP contribution in [0.4, 0.5) is 13.2 Å². The second-order valence-electron chi connectivity index (χ2n) is 6.87. The molecule has 2 aromatic carbocycles. The smallest absolute Gasteiger partial charge is 0.416 e. The number of carbonyl (C=O) groups is 2. The summed E-state index contributed by atoms with van der Waals surface area (Å²) in [6, 6.07) is 13.9. The van der Waals surface area contributed by atoms with Gasteiger partial charge in [0.05, 0.1) is 17.2 Å². The first-order chi connectivity index (χ1) is 14.2. The van der Waals surface area contributed by atoms with Gasteiger partial charge in [0, 0.05) is 23.8 Å². The molecule has 0 saturated carbocycles. The van der Waals surface area contributed by atoms with Crippen molar-refractivity contribution < 1.29 is 27.9 Å². The summed E-state index contributed by atoms with van der Waals surface area (Å²) in [6.45, 7) is 0. The number of Topliss-reactive ketones (excluding diaryl/α,β-unsaturated/α-hetero) is 1. The molecule has 0 radical (unpaired) electrons. The molecule has 3 rings (SSSR count). The Kier molecular flexibility index (Phi) is 6.66. The average Bonchev–Trinajstić information content (AvgIpc) is 3.16. The maximum Gasteiger partial charge on any atom is 0.416 e. The SMILES string of the molecule is O=C(Cc1csc(-c2cccc(C(F)(F)F)c2)n1)C[C@H](Cc1ccccc1)C(=O)O. The molecule has 1 heterocycles. The molecule has 0 fully saturated rings. The third-order valence-corrected chi connectivity index (χ3v) is 5.46. The van der Waals surface area contributed by atoms with Crippen molar-refractivity contribution in [3.05, 3.63) is 76.8 Å². The monoisotopic (exact) mass is 433 g/mol. The Balaban J connectivity index is 1.66. The van der Waals surface area contributed by atoms with Gasteiger partial charge in [0.15, 0.2) is 0 Å². The summed E-state index contributed by atoms with van der Waals surface area (Å²) in [5, 5.41) is 11.4. The number of benzene rings is 2. The van der Waals surface area contributed by atoms with Crippen LogP contribution in [0.25, 0.3) is 10.6 Å². The van der Waals surface area contributed by atoms with Gasteiger partial charge in [0.2, 0.25) is 0 Å². The highest BCUT2D eigenvalue weighted by molar-refractivity contribution is 7.13. The lowest BCUT2D eigenvalue weighted by Gasteiger charge is -2.11. The van der Waals surface area contributed by atoms with Crippen molar-refractivity contribution in [3.8, 4) is 10.6 Å². The van der Waals surface area contributed by atoms with Gasteiger partial charge in [-0.1, -0.05) is 42.5 Å². The summed E-state index contributed by atoms with van der Waals surface area (Å²) >= 11 is 1.14. The number of aromatic nitrogens is 1. The molecule has 1 atom stereocenters. The summed E-state index contributed by atoms with van der Waals surface area (Å²) in [5.74, 6) is -2.17. The lowest BCUT2D eigenvalue weighted by Crippen LogP contribution is -2.21. The number of ketones is 1. The van der Waals surface area contributed by atoms with Gasteiger partial charge in [0.1, 0.15) is 10.8 Å². The first-order valence-electron chi connectivity index (χ1n) is 9.13. The van der Waals surface area contributed by atoms with Gasteiger partial charge in [-0.3, -0.25) is 9.59 Å². The topological polar surface area (TPSA) is 67.3 Å². The highest BCUT2D eigenvalue weighted by Gasteiger charge is 2.30. The number of carboxylic acids is 1. The van der Waals surface area contributed by atoms with Gasteiger partial charge in [-0.05, 0) is 24.1 Å². The molecular formula is C22H18F3NO3S. The van der Waals surface area contributed by atoms with Crippen LogP contribution in [-0.4, -0.2) is 21.8 Å². The molecule has 0 spiro atoms. The van der Waals surface area contributed by atoms with Crippen molar-refractivity contribution in [1.82, 2.24) is 4.98 Å². The molecule has 0 aliphatic rings. The van der Waals surface area contributed by atoms with E-state index in [0.29, 0.717) is 16.3 Å². The lowest BCUT2D eigenvalue weighted by molar-refractivity contribution is -0.143. The van der Waals surface area contributed by atoms with E-state index in [9.17, 15) is 27.9 Å². The number of aliphatic carboxylic acids is 1. The predicted octanol–water partition coefficient (Wildman–Crippen LogP) is 5.27. The minimum Gasteiger partial charge on any atom is -0.481 e. The number of halogens is 3. The van der Waals surface area contributed by atoms with E-state index in [0.717, 1.165) is 29.0 Å². The second kappa shape index (κ2) is 9.21. The zero-order chi connectivity index (χ0) is 21.7. The van der Waals surface area contributed by atoms with Crippen molar-refractivity contribution in [2.24, 2.45) is 5.92 Å². The Morgan fingerprint density at radius 1 is 1.07 bits per heavy atom. The lowest BCUT2D eigenvalue weighted by atomic mass is 9.93. The van der Waals surface area contributed by atoms with Gasteiger partial charge in [-0.15, -0.1) is 11.3 Å². The van der Waals surface area contributed by atoms with Gasteiger partial charge in [0.25, 0.3) is 0 Å². The van der Waals surface area contributed by atoms with E-state index in [4.69, 9.17) is 0 Å². The van der Waals surface area contributed by atoms with Crippen molar-refractivity contribution in [2.75, 3.05) is 0 Å². The van der Waals surface area contributed by atoms with Gasteiger partial charge >= 0.3 is 12.1 Å². The molecule has 0 aliphatic heterocycles. The Bertz CT molecular complexity index is 1030. The molecule has 156 valence electrons. The molecule has 4 nitrogen and oxygen atoms in total. The van der Waals surface area contributed by atoms with E-state index >= 15 is 0 Å². The molecule has 0 unspecified atom stereocenters. The fraction of sp³-hybridized carbons (Fsp3) is 0.227. The van der Waals surface area contributed by atoms with E-state index in [-0.39, 0.29) is 25.0 Å². The average molecular weight is 433 g/mol. The minimum absolute atomic E-state index is 0.0615. The van der Waals surface area contributed by atoms with Gasteiger partial charge in [-0.25, -0.2) is 4.98 Å². The first kappa shape index (κ1) is 21.7. The number of carbonyl (C=O) groups excluding carboxylic acids is 1. The van der Waals surface area contributed by atoms with E-state index in [2.05, 4.69) is 4.98 Å². The first-order valence-corrected chi connectivity index (χ1v) is 10.0. The number of hydrogen-bond donors (Lipinski definition) is 1. The van der Waals surface area contributed by atoms with E-state index in [1.54, 1.807) is 17.5 Å². The summed E-state index contributed by atoms with van der Waals surface area (Å²) < 4.78 is 38.7. The molecule has 0 saturated heterocycles. The molecule has 3 aromatic rings. The molecule has 1 aromatic heterocycles. The van der Waals surface area contributed by atoms with Crippen LogP contribution >= 0.6 is 11.3 Å². The van der Waals surface area contributed by atoms with Crippen LogP contribution in [0.3, 0.4) is 0 Å². The highest BCUT2D eigenvalue weighted by atomic mass is 32.1. The number of rotatable bonds is 8. The van der Waals surface area contributed by atoms with Crippen LogP contribution in [-0.2, 0) is 28.6 Å². The molecular weight excluding hydrogens is 415 g/mol. The molecule has 1 N–H and O–H groups in total. The largest absolute Gasteiger partial charge is 0.481 e. The summed E-state index contributed by atoms with van der Waals surface area (Å²) in [4.78, 5) is 28.2. The van der Waals surface area contributed by atoms with Crippen molar-refractivity contribution >= 4 is 23.1 Å². The quantitative estimate of drug-likeness (QED) is 0.525. The maximum atomic E-state index is 12.9. The zero-order valence-electron chi connectivity index (χ0n) is 15.7. The van der Waals surface area contributed by atoms with E-state index in [1.165, 1.54) is 12.1 Å². The van der Waals surface area contributed by atoms with E-state index in [1.807, 2.05) is 18.2 Å². The maximum absolute atomic E-state index is 12.9. The van der Waals surface area contributed by atoms with Crippen LogP contribution in [0.15, 0.2) is 60.0 Å². The van der Waals surface area contributed by atoms with Crippen molar-refractivity contribution in [2.45, 2.75) is 25.4 Å². The van der Waals surface area contributed by atoms with Gasteiger partial charge < -0.3 is 5.11 Å². The molecule has 0 amide bonds. The second-order valence-corrected chi connectivity index (χ2v) is 7.73. The van der Waals surface area contributed by atoms with Gasteiger partial charge in [-0.2, -0.15) is 13.2 Å². The fourth-order valence-electron chi connectivity index (χ4n) is 3.04. The number of alkyl halides is 3. The van der Waals surface area contributed by atoms with Crippen LogP contribution in [0, 0.1) is 5.92 Å². The minimum atomic E-state index is -4.45. The summed E-state index contributed by atoms with van der Waals surface area (Å²) in [5.41, 5.74) is 0.804. The molecule has 8 heteroatoms. The number of thiazole rings is 1. The Morgan fingerprint density at radius 3 is 2.47 bits per heavy atom. The third kappa shape index (κ3) is 5.76. The number of nitrogens with zero attached hydrogens (tertiary/aromatic N) is 1. The summed E-state index contributed by atoms with van der Waals surface area (Å²) in [6.07, 6.45) is -4.40. The standard InChI is InChI=1S/C22H18F3NO3S/c23-22(24,25)17-8-4-7-15(10-17)20-26-18(13-30-20)12-19(27)11-16(21(28)29)9-14-5-2-1-3-6-14/h1-8,10,13,16H,9,11-12H2,(H,28,29)/t16-/m0/s1. The Hall–Kier alpha value is -3.00. The third-order valence-electron chi connectivity index (χ3n) is 4.52. The van der Waals surface area contributed by atoms with Crippen LogP contribution in [0.2, 0.25) is 0 Å². The normalized spacial score (nSPS) is 12.5.